The molecule has 0 bridgehead atoms. The highest BCUT2D eigenvalue weighted by Crippen LogP contribution is 2.33. The fraction of sp³-hybridized carbons (Fsp3) is 0.130. The number of sulfonamides is 1. The van der Waals surface area contributed by atoms with Gasteiger partial charge in [0.2, 0.25) is 0 Å². The maximum Gasteiger partial charge on any atom is 0.264 e. The Kier molecular flexibility index (Phi) is 6.10. The summed E-state index contributed by atoms with van der Waals surface area (Å²) in [4.78, 5) is 0.0946. The van der Waals surface area contributed by atoms with Crippen molar-refractivity contribution >= 4 is 15.7 Å². The molecule has 0 fully saturated rings. The molecule has 0 saturated heterocycles. The third-order valence-corrected chi connectivity index (χ3v) is 6.18. The monoisotopic (exact) mass is 407 g/mol. The van der Waals surface area contributed by atoms with Crippen LogP contribution in [0.4, 0.5) is 5.69 Å². The van der Waals surface area contributed by atoms with E-state index in [1.165, 1.54) is 30.7 Å². The lowest BCUT2D eigenvalue weighted by atomic mass is 10.2. The lowest BCUT2D eigenvalue weighted by Gasteiger charge is -2.25. The fourth-order valence-corrected chi connectivity index (χ4v) is 4.38. The Hall–Kier alpha value is -3.43. The van der Waals surface area contributed by atoms with Crippen LogP contribution in [0.5, 0.6) is 11.5 Å². The molecule has 0 N–H and O–H groups in total. The summed E-state index contributed by atoms with van der Waals surface area (Å²) < 4.78 is 39.0. The Morgan fingerprint density at radius 1 is 0.897 bits per heavy atom. The lowest BCUT2D eigenvalue weighted by Crippen LogP contribution is -2.30. The van der Waals surface area contributed by atoms with Gasteiger partial charge in [-0.3, -0.25) is 4.31 Å². The number of ether oxygens (including phenoxy) is 2. The van der Waals surface area contributed by atoms with Gasteiger partial charge in [0.1, 0.15) is 0 Å². The first-order valence-corrected chi connectivity index (χ1v) is 10.3. The molecule has 29 heavy (non-hydrogen) atoms. The number of rotatable bonds is 7. The Morgan fingerprint density at radius 3 is 2.28 bits per heavy atom. The Morgan fingerprint density at radius 2 is 1.62 bits per heavy atom. The standard InChI is InChI=1S/C23H21NO4S/c1-4-18-11-8-12-20(15-18)24(17-19-9-6-5-7-10-19)29(25,26)21-13-14-22(27-2)23(16-21)28-3/h1,5-16H,17H2,2-3H3. The summed E-state index contributed by atoms with van der Waals surface area (Å²) in [5.74, 6) is 3.35. The second kappa shape index (κ2) is 8.72. The molecule has 0 aliphatic heterocycles. The van der Waals surface area contributed by atoms with Gasteiger partial charge in [0.15, 0.2) is 11.5 Å². The highest BCUT2D eigenvalue weighted by Gasteiger charge is 2.26. The number of hydrogen-bond donors (Lipinski definition) is 0. The molecular weight excluding hydrogens is 386 g/mol. The summed E-state index contributed by atoms with van der Waals surface area (Å²) in [7, 11) is -0.942. The predicted molar refractivity (Wildman–Crippen MR) is 114 cm³/mol. The van der Waals surface area contributed by atoms with Gasteiger partial charge in [0.05, 0.1) is 31.3 Å². The first-order chi connectivity index (χ1) is 14.0. The molecule has 0 aliphatic carbocycles. The van der Waals surface area contributed by atoms with Crippen molar-refractivity contribution in [1.82, 2.24) is 0 Å². The van der Waals surface area contributed by atoms with E-state index >= 15 is 0 Å². The molecule has 0 saturated carbocycles. The molecule has 0 radical (unpaired) electrons. The van der Waals surface area contributed by atoms with Crippen LogP contribution in [-0.2, 0) is 16.6 Å². The van der Waals surface area contributed by atoms with E-state index in [1.807, 2.05) is 30.3 Å². The fourth-order valence-electron chi connectivity index (χ4n) is 2.92. The molecule has 3 aromatic carbocycles. The number of methoxy groups -OCH3 is 2. The van der Waals surface area contributed by atoms with Crippen molar-refractivity contribution in [3.63, 3.8) is 0 Å². The zero-order chi connectivity index (χ0) is 20.9. The minimum atomic E-state index is -3.91. The zero-order valence-electron chi connectivity index (χ0n) is 16.2. The second-order valence-corrected chi connectivity index (χ2v) is 8.07. The van der Waals surface area contributed by atoms with Crippen LogP contribution in [-0.4, -0.2) is 22.6 Å². The van der Waals surface area contributed by atoms with Crippen LogP contribution in [0.25, 0.3) is 0 Å². The van der Waals surface area contributed by atoms with E-state index in [4.69, 9.17) is 15.9 Å². The average molecular weight is 407 g/mol. The van der Waals surface area contributed by atoms with Crippen LogP contribution in [0.1, 0.15) is 11.1 Å². The molecule has 3 rings (SSSR count). The quantitative estimate of drug-likeness (QED) is 0.554. The van der Waals surface area contributed by atoms with Crippen molar-refractivity contribution in [2.24, 2.45) is 0 Å². The molecule has 148 valence electrons. The van der Waals surface area contributed by atoms with Crippen LogP contribution in [0.3, 0.4) is 0 Å². The van der Waals surface area contributed by atoms with Gasteiger partial charge in [-0.1, -0.05) is 42.3 Å². The third-order valence-electron chi connectivity index (χ3n) is 4.41. The molecule has 0 aliphatic rings. The minimum absolute atomic E-state index is 0.0946. The minimum Gasteiger partial charge on any atom is -0.493 e. The zero-order valence-corrected chi connectivity index (χ0v) is 17.0. The van der Waals surface area contributed by atoms with Gasteiger partial charge in [-0.25, -0.2) is 8.42 Å². The molecule has 0 spiro atoms. The summed E-state index contributed by atoms with van der Waals surface area (Å²) in [6, 6.07) is 20.8. The van der Waals surface area contributed by atoms with Gasteiger partial charge in [-0.05, 0) is 35.9 Å². The topological polar surface area (TPSA) is 55.8 Å². The molecule has 5 nitrogen and oxygen atoms in total. The molecule has 0 heterocycles. The maximum absolute atomic E-state index is 13.6. The molecule has 0 amide bonds. The SMILES string of the molecule is C#Cc1cccc(N(Cc2ccccc2)S(=O)(=O)c2ccc(OC)c(OC)c2)c1. The number of benzene rings is 3. The average Bonchev–Trinajstić information content (AvgIpc) is 2.77. The van der Waals surface area contributed by atoms with Crippen molar-refractivity contribution in [3.8, 4) is 23.8 Å². The molecule has 6 heteroatoms. The predicted octanol–water partition coefficient (Wildman–Crippen LogP) is 4.08. The van der Waals surface area contributed by atoms with Crippen LogP contribution < -0.4 is 13.8 Å². The van der Waals surface area contributed by atoms with Gasteiger partial charge in [-0.15, -0.1) is 6.42 Å². The van der Waals surface area contributed by atoms with Crippen molar-refractivity contribution in [1.29, 1.82) is 0 Å². The number of nitrogens with zero attached hydrogens (tertiary/aromatic N) is 1. The summed E-state index contributed by atoms with van der Waals surface area (Å²) >= 11 is 0. The molecule has 0 atom stereocenters. The van der Waals surface area contributed by atoms with Crippen molar-refractivity contribution in [2.75, 3.05) is 18.5 Å². The summed E-state index contributed by atoms with van der Waals surface area (Å²) in [6.07, 6.45) is 5.51. The Bertz CT molecular complexity index is 1140. The summed E-state index contributed by atoms with van der Waals surface area (Å²) in [5, 5.41) is 0. The van der Waals surface area contributed by atoms with E-state index in [9.17, 15) is 8.42 Å². The van der Waals surface area contributed by atoms with Crippen LogP contribution in [0, 0.1) is 12.3 Å². The highest BCUT2D eigenvalue weighted by molar-refractivity contribution is 7.92. The van der Waals surface area contributed by atoms with Gasteiger partial charge in [-0.2, -0.15) is 0 Å². The Balaban J connectivity index is 2.12. The first kappa shape index (κ1) is 20.3. The lowest BCUT2D eigenvalue weighted by molar-refractivity contribution is 0.354. The van der Waals surface area contributed by atoms with E-state index in [1.54, 1.807) is 30.3 Å². The second-order valence-electron chi connectivity index (χ2n) is 6.21. The highest BCUT2D eigenvalue weighted by atomic mass is 32.2. The summed E-state index contributed by atoms with van der Waals surface area (Å²) in [5.41, 5.74) is 1.94. The number of anilines is 1. The van der Waals surface area contributed by atoms with Gasteiger partial charge < -0.3 is 9.47 Å². The first-order valence-electron chi connectivity index (χ1n) is 8.85. The largest absolute Gasteiger partial charge is 0.493 e. The van der Waals surface area contributed by atoms with E-state index in [0.717, 1.165) is 5.56 Å². The van der Waals surface area contributed by atoms with Crippen LogP contribution in [0.15, 0.2) is 77.7 Å². The summed E-state index contributed by atoms with van der Waals surface area (Å²) in [6.45, 7) is 0.158. The van der Waals surface area contributed by atoms with Crippen LogP contribution >= 0.6 is 0 Å². The van der Waals surface area contributed by atoms with Gasteiger partial charge >= 0.3 is 0 Å². The molecular formula is C23H21NO4S. The van der Waals surface area contributed by atoms with E-state index in [-0.39, 0.29) is 11.4 Å². The normalized spacial score (nSPS) is 10.8. The van der Waals surface area contributed by atoms with Crippen molar-refractivity contribution < 1.29 is 17.9 Å². The molecule has 0 unspecified atom stereocenters. The van der Waals surface area contributed by atoms with Crippen LogP contribution in [0.2, 0.25) is 0 Å². The third kappa shape index (κ3) is 4.36. The van der Waals surface area contributed by atoms with Crippen molar-refractivity contribution in [2.45, 2.75) is 11.4 Å². The number of hydrogen-bond acceptors (Lipinski definition) is 4. The van der Waals surface area contributed by atoms with Gasteiger partial charge in [0, 0.05) is 11.6 Å². The van der Waals surface area contributed by atoms with Gasteiger partial charge in [0.25, 0.3) is 10.0 Å². The molecule has 3 aromatic rings. The van der Waals surface area contributed by atoms with E-state index < -0.39 is 10.0 Å². The number of terminal acetylenes is 1. The maximum atomic E-state index is 13.6. The Labute approximate surface area is 171 Å². The van der Waals surface area contributed by atoms with E-state index in [2.05, 4.69) is 5.92 Å². The molecule has 0 aromatic heterocycles. The van der Waals surface area contributed by atoms with E-state index in [0.29, 0.717) is 22.7 Å². The smallest absolute Gasteiger partial charge is 0.264 e. The van der Waals surface area contributed by atoms with Crippen molar-refractivity contribution in [3.05, 3.63) is 83.9 Å².